The number of hydrogen-bond acceptors (Lipinski definition) is 3. The van der Waals surface area contributed by atoms with Gasteiger partial charge < -0.3 is 4.74 Å². The Balaban J connectivity index is 5.57. The molecule has 0 amide bonds. The lowest BCUT2D eigenvalue weighted by Gasteiger charge is -2.37. The van der Waals surface area contributed by atoms with Gasteiger partial charge in [-0.25, -0.2) is 0 Å². The smallest absolute Gasteiger partial charge is 0.319 e. The molecule has 1 unspecified atom stereocenters. The summed E-state index contributed by atoms with van der Waals surface area (Å²) in [6.45, 7) is 2.87. The van der Waals surface area contributed by atoms with Crippen LogP contribution in [0.2, 0.25) is 0 Å². The molecular weight excluding hydrogens is 333 g/mol. The number of alkyl halides is 5. The lowest BCUT2D eigenvalue weighted by atomic mass is 9.86. The van der Waals surface area contributed by atoms with Gasteiger partial charge in [0.2, 0.25) is 3.79 Å². The number of carbonyl (C=O) groups excluding carboxylic acids is 2. The summed E-state index contributed by atoms with van der Waals surface area (Å²) >= 11 is 28.6. The first kappa shape index (κ1) is 17.6. The Morgan fingerprint density at radius 3 is 1.94 bits per heavy atom. The quantitative estimate of drug-likeness (QED) is 0.564. The van der Waals surface area contributed by atoms with E-state index in [1.54, 1.807) is 6.92 Å². The van der Waals surface area contributed by atoms with Crippen LogP contribution >= 0.6 is 58.0 Å². The Kier molecular flexibility index (Phi) is 6.90. The predicted molar refractivity (Wildman–Crippen MR) is 70.1 cm³/mol. The SMILES string of the molecule is CCOC(=O)C(CC(C)=O)(C(Cl)Cl)C(Cl)(Cl)Cl. The average molecular weight is 344 g/mol. The Bertz CT molecular complexity index is 299. The predicted octanol–water partition coefficient (Wildman–Crippen LogP) is 3.69. The second-order valence-electron chi connectivity index (χ2n) is 3.37. The lowest BCUT2D eigenvalue weighted by Crippen LogP contribution is -2.50. The van der Waals surface area contributed by atoms with Crippen molar-refractivity contribution in [2.24, 2.45) is 5.41 Å². The Morgan fingerprint density at radius 1 is 1.24 bits per heavy atom. The summed E-state index contributed by atoms with van der Waals surface area (Å²) in [5.74, 6) is -1.30. The number of ether oxygens (including phenoxy) is 1. The fourth-order valence-corrected chi connectivity index (χ4v) is 2.98. The van der Waals surface area contributed by atoms with E-state index in [0.29, 0.717) is 0 Å². The maximum atomic E-state index is 11.9. The molecule has 0 spiro atoms. The van der Waals surface area contributed by atoms with Crippen molar-refractivity contribution in [3.8, 4) is 0 Å². The molecule has 0 saturated heterocycles. The van der Waals surface area contributed by atoms with Gasteiger partial charge in [-0.2, -0.15) is 0 Å². The van der Waals surface area contributed by atoms with E-state index in [2.05, 4.69) is 0 Å². The standard InChI is InChI=1S/C9H11Cl5O3/c1-3-17-7(16)8(6(10)11,4-5(2)15)9(12,13)14/h6H,3-4H2,1-2H3. The number of carbonyl (C=O) groups is 2. The number of Topliss-reactive ketones (excluding diaryl/α,β-unsaturated/α-hetero) is 1. The van der Waals surface area contributed by atoms with E-state index >= 15 is 0 Å². The molecule has 100 valence electrons. The van der Waals surface area contributed by atoms with Crippen LogP contribution in [0.25, 0.3) is 0 Å². The van der Waals surface area contributed by atoms with E-state index < -0.39 is 32.2 Å². The Morgan fingerprint density at radius 2 is 1.71 bits per heavy atom. The third kappa shape index (κ3) is 4.03. The summed E-state index contributed by atoms with van der Waals surface area (Å²) in [6.07, 6.45) is -0.417. The second-order valence-corrected chi connectivity index (χ2v) is 6.75. The molecule has 3 nitrogen and oxygen atoms in total. The third-order valence-corrected chi connectivity index (χ3v) is 3.80. The molecule has 0 N–H and O–H groups in total. The van der Waals surface area contributed by atoms with Crippen molar-refractivity contribution in [3.63, 3.8) is 0 Å². The molecule has 0 aliphatic carbocycles. The highest BCUT2D eigenvalue weighted by molar-refractivity contribution is 6.70. The van der Waals surface area contributed by atoms with Crippen LogP contribution in [0, 0.1) is 5.41 Å². The van der Waals surface area contributed by atoms with Gasteiger partial charge in [0, 0.05) is 6.42 Å². The first-order chi connectivity index (χ1) is 7.59. The summed E-state index contributed by atoms with van der Waals surface area (Å²) in [4.78, 5) is 21.7. The van der Waals surface area contributed by atoms with Gasteiger partial charge in [0.1, 0.15) is 10.6 Å². The first-order valence-corrected chi connectivity index (χ1v) is 6.61. The molecule has 0 saturated carbocycles. The number of halogens is 5. The molecule has 17 heavy (non-hydrogen) atoms. The number of ketones is 1. The fourth-order valence-electron chi connectivity index (χ4n) is 1.23. The van der Waals surface area contributed by atoms with Crippen molar-refractivity contribution in [3.05, 3.63) is 0 Å². The van der Waals surface area contributed by atoms with Gasteiger partial charge in [-0.1, -0.05) is 34.8 Å². The van der Waals surface area contributed by atoms with Crippen LogP contribution < -0.4 is 0 Å². The molecule has 0 aromatic carbocycles. The summed E-state index contributed by atoms with van der Waals surface area (Å²) < 4.78 is 2.63. The van der Waals surface area contributed by atoms with E-state index in [9.17, 15) is 9.59 Å². The van der Waals surface area contributed by atoms with Crippen LogP contribution in [0.4, 0.5) is 0 Å². The van der Waals surface area contributed by atoms with Crippen LogP contribution in [0.3, 0.4) is 0 Å². The normalized spacial score (nSPS) is 15.5. The number of esters is 1. The van der Waals surface area contributed by atoms with Crippen molar-refractivity contribution in [2.75, 3.05) is 6.61 Å². The van der Waals surface area contributed by atoms with Crippen molar-refractivity contribution >= 4 is 69.8 Å². The molecular formula is C9H11Cl5O3. The van der Waals surface area contributed by atoms with Crippen molar-refractivity contribution in [1.82, 2.24) is 0 Å². The highest BCUT2D eigenvalue weighted by atomic mass is 35.6. The van der Waals surface area contributed by atoms with Crippen LogP contribution in [0.5, 0.6) is 0 Å². The summed E-state index contributed by atoms with van der Waals surface area (Å²) in [5, 5.41) is 0. The van der Waals surface area contributed by atoms with Gasteiger partial charge in [0.25, 0.3) is 0 Å². The van der Waals surface area contributed by atoms with E-state index in [1.807, 2.05) is 0 Å². The molecule has 0 radical (unpaired) electrons. The van der Waals surface area contributed by atoms with Crippen LogP contribution in [0.1, 0.15) is 20.3 Å². The molecule has 0 aliphatic heterocycles. The van der Waals surface area contributed by atoms with E-state index in [-0.39, 0.29) is 6.61 Å². The van der Waals surface area contributed by atoms with E-state index in [4.69, 9.17) is 62.7 Å². The van der Waals surface area contributed by atoms with Gasteiger partial charge in [0.15, 0.2) is 5.41 Å². The third-order valence-electron chi connectivity index (χ3n) is 2.05. The van der Waals surface area contributed by atoms with Gasteiger partial charge in [0.05, 0.1) is 6.61 Å². The van der Waals surface area contributed by atoms with E-state index in [0.717, 1.165) is 0 Å². The minimum absolute atomic E-state index is 0.0553. The molecule has 0 rings (SSSR count). The molecule has 8 heteroatoms. The summed E-state index contributed by atoms with van der Waals surface area (Å²) in [5.41, 5.74) is -1.91. The molecule has 0 aromatic rings. The van der Waals surface area contributed by atoms with Crippen LogP contribution in [-0.4, -0.2) is 27.0 Å². The maximum Gasteiger partial charge on any atom is 0.319 e. The molecule has 0 bridgehead atoms. The molecule has 1 atom stereocenters. The Hall–Kier alpha value is 0.590. The van der Waals surface area contributed by atoms with Crippen molar-refractivity contribution in [1.29, 1.82) is 0 Å². The maximum absolute atomic E-state index is 11.9. The highest BCUT2D eigenvalue weighted by Crippen LogP contribution is 2.53. The number of rotatable bonds is 5. The second kappa shape index (κ2) is 6.67. The zero-order valence-electron chi connectivity index (χ0n) is 9.11. The van der Waals surface area contributed by atoms with Crippen LogP contribution in [-0.2, 0) is 14.3 Å². The zero-order chi connectivity index (χ0) is 13.9. The largest absolute Gasteiger partial charge is 0.465 e. The molecule has 0 aliphatic rings. The fraction of sp³-hybridized carbons (Fsp3) is 0.778. The van der Waals surface area contributed by atoms with E-state index in [1.165, 1.54) is 6.92 Å². The van der Waals surface area contributed by atoms with Gasteiger partial charge in [-0.05, 0) is 13.8 Å². The van der Waals surface area contributed by atoms with Crippen LogP contribution in [0.15, 0.2) is 0 Å². The highest BCUT2D eigenvalue weighted by Gasteiger charge is 2.60. The van der Waals surface area contributed by atoms with Crippen molar-refractivity contribution < 1.29 is 14.3 Å². The van der Waals surface area contributed by atoms with Gasteiger partial charge >= 0.3 is 5.97 Å². The first-order valence-electron chi connectivity index (χ1n) is 4.61. The lowest BCUT2D eigenvalue weighted by molar-refractivity contribution is -0.156. The monoisotopic (exact) mass is 342 g/mol. The molecule has 0 fully saturated rings. The average Bonchev–Trinajstić information content (AvgIpc) is 2.11. The topological polar surface area (TPSA) is 43.4 Å². The minimum atomic E-state index is -2.15. The molecule has 0 aromatic heterocycles. The van der Waals surface area contributed by atoms with Gasteiger partial charge in [-0.3, -0.25) is 9.59 Å². The number of hydrogen-bond donors (Lipinski definition) is 0. The summed E-state index contributed by atoms with van der Waals surface area (Å²) in [7, 11) is 0. The summed E-state index contributed by atoms with van der Waals surface area (Å²) in [6, 6.07) is 0. The minimum Gasteiger partial charge on any atom is -0.465 e. The zero-order valence-corrected chi connectivity index (χ0v) is 12.9. The van der Waals surface area contributed by atoms with Crippen molar-refractivity contribution in [2.45, 2.75) is 28.9 Å². The Labute approximate surface area is 125 Å². The van der Waals surface area contributed by atoms with Gasteiger partial charge in [-0.15, -0.1) is 23.2 Å². The molecule has 0 heterocycles.